The Bertz CT molecular complexity index is 444. The van der Waals surface area contributed by atoms with E-state index < -0.39 is 0 Å². The van der Waals surface area contributed by atoms with Crippen LogP contribution < -0.4 is 11.1 Å². The zero-order chi connectivity index (χ0) is 14.4. The number of nitrogen functional groups attached to an aromatic ring is 1. The molecule has 0 aliphatic carbocycles. The molecule has 3 N–H and O–H groups in total. The maximum atomic E-state index is 11.9. The van der Waals surface area contributed by atoms with Crippen molar-refractivity contribution >= 4 is 22.4 Å². The molecule has 1 unspecified atom stereocenters. The van der Waals surface area contributed by atoms with Crippen LogP contribution in [0.2, 0.25) is 0 Å². The molecule has 1 amide bonds. The maximum absolute atomic E-state index is 11.9. The van der Waals surface area contributed by atoms with Gasteiger partial charge in [-0.05, 0) is 26.2 Å². The number of anilines is 1. The van der Waals surface area contributed by atoms with Gasteiger partial charge in [0.1, 0.15) is 4.88 Å². The van der Waals surface area contributed by atoms with Gasteiger partial charge in [-0.25, -0.2) is 4.98 Å². The zero-order valence-electron chi connectivity index (χ0n) is 11.7. The number of nitrogens with two attached hydrogens (primary N) is 1. The number of aryl methyl sites for hydroxylation is 1. The van der Waals surface area contributed by atoms with Crippen molar-refractivity contribution in [1.82, 2.24) is 10.3 Å². The Labute approximate surface area is 122 Å². The number of ether oxygens (including phenoxy) is 2. The van der Waals surface area contributed by atoms with Crippen molar-refractivity contribution in [3.05, 3.63) is 10.6 Å². The molecule has 2 rings (SSSR count). The lowest BCUT2D eigenvalue weighted by molar-refractivity contribution is 0.0166. The molecule has 2 heterocycles. The lowest BCUT2D eigenvalue weighted by Gasteiger charge is -2.10. The van der Waals surface area contributed by atoms with E-state index >= 15 is 0 Å². The average Bonchev–Trinajstić information content (AvgIpc) is 3.03. The Morgan fingerprint density at radius 3 is 3.15 bits per heavy atom. The third-order valence-electron chi connectivity index (χ3n) is 3.10. The van der Waals surface area contributed by atoms with E-state index in [1.165, 1.54) is 11.3 Å². The van der Waals surface area contributed by atoms with E-state index in [2.05, 4.69) is 10.3 Å². The summed E-state index contributed by atoms with van der Waals surface area (Å²) in [6, 6.07) is 0. The largest absolute Gasteiger partial charge is 0.379 e. The summed E-state index contributed by atoms with van der Waals surface area (Å²) in [6.45, 7) is 4.50. The number of nitrogens with one attached hydrogen (secondary N) is 1. The van der Waals surface area contributed by atoms with Crippen LogP contribution in [0.5, 0.6) is 0 Å². The molecular formula is C13H21N3O3S. The molecule has 1 aromatic heterocycles. The fourth-order valence-corrected chi connectivity index (χ4v) is 2.82. The molecule has 0 saturated carbocycles. The van der Waals surface area contributed by atoms with Crippen LogP contribution in [0.3, 0.4) is 0 Å². The first-order valence-corrected chi connectivity index (χ1v) is 7.69. The van der Waals surface area contributed by atoms with E-state index in [1.54, 1.807) is 6.92 Å². The standard InChI is InChI=1S/C13H21N3O3S/c1-9-11(20-13(14)16-9)12(17)15-5-3-6-18-8-10-4-2-7-19-10/h10H,2-8H2,1H3,(H2,14,16)(H,15,17). The Hall–Kier alpha value is -1.18. The van der Waals surface area contributed by atoms with Crippen LogP contribution in [0.1, 0.15) is 34.6 Å². The molecule has 1 saturated heterocycles. The predicted molar refractivity (Wildman–Crippen MR) is 78.0 cm³/mol. The highest BCUT2D eigenvalue weighted by Crippen LogP contribution is 2.19. The monoisotopic (exact) mass is 299 g/mol. The highest BCUT2D eigenvalue weighted by molar-refractivity contribution is 7.17. The van der Waals surface area contributed by atoms with E-state index in [4.69, 9.17) is 15.2 Å². The summed E-state index contributed by atoms with van der Waals surface area (Å²) in [7, 11) is 0. The molecule has 1 aliphatic rings. The second-order valence-corrected chi connectivity index (χ2v) is 5.82. The summed E-state index contributed by atoms with van der Waals surface area (Å²) in [5.41, 5.74) is 6.25. The van der Waals surface area contributed by atoms with E-state index in [0.717, 1.165) is 25.9 Å². The van der Waals surface area contributed by atoms with Crippen LogP contribution >= 0.6 is 11.3 Å². The van der Waals surface area contributed by atoms with Crippen molar-refractivity contribution < 1.29 is 14.3 Å². The second kappa shape index (κ2) is 7.56. The van der Waals surface area contributed by atoms with Crippen LogP contribution in [0.4, 0.5) is 5.13 Å². The Balaban J connectivity index is 1.56. The van der Waals surface area contributed by atoms with Gasteiger partial charge in [-0.3, -0.25) is 4.79 Å². The summed E-state index contributed by atoms with van der Waals surface area (Å²) in [5.74, 6) is -0.115. The van der Waals surface area contributed by atoms with Crippen molar-refractivity contribution in [3.63, 3.8) is 0 Å². The van der Waals surface area contributed by atoms with Gasteiger partial charge >= 0.3 is 0 Å². The molecular weight excluding hydrogens is 278 g/mol. The van der Waals surface area contributed by atoms with Gasteiger partial charge in [0.15, 0.2) is 5.13 Å². The summed E-state index contributed by atoms with van der Waals surface area (Å²) in [4.78, 5) is 16.5. The molecule has 1 atom stereocenters. The SMILES string of the molecule is Cc1nc(N)sc1C(=O)NCCCOCC1CCCO1. The minimum Gasteiger partial charge on any atom is -0.379 e. The molecule has 0 aromatic carbocycles. The summed E-state index contributed by atoms with van der Waals surface area (Å²) >= 11 is 1.21. The maximum Gasteiger partial charge on any atom is 0.263 e. The van der Waals surface area contributed by atoms with Gasteiger partial charge < -0.3 is 20.5 Å². The smallest absolute Gasteiger partial charge is 0.263 e. The first-order chi connectivity index (χ1) is 9.66. The molecule has 1 aliphatic heterocycles. The molecule has 0 spiro atoms. The predicted octanol–water partition coefficient (Wildman–Crippen LogP) is 1.35. The number of nitrogens with zero attached hydrogens (tertiary/aromatic N) is 1. The number of rotatable bonds is 7. The number of hydrogen-bond donors (Lipinski definition) is 2. The third kappa shape index (κ3) is 4.43. The van der Waals surface area contributed by atoms with Gasteiger partial charge in [0.25, 0.3) is 5.91 Å². The van der Waals surface area contributed by atoms with Crippen molar-refractivity contribution in [2.24, 2.45) is 0 Å². The third-order valence-corrected chi connectivity index (χ3v) is 4.08. The van der Waals surface area contributed by atoms with E-state index in [1.807, 2.05) is 0 Å². The van der Waals surface area contributed by atoms with Crippen LogP contribution in [-0.2, 0) is 9.47 Å². The van der Waals surface area contributed by atoms with Gasteiger partial charge in [0, 0.05) is 19.8 Å². The lowest BCUT2D eigenvalue weighted by atomic mass is 10.2. The first-order valence-electron chi connectivity index (χ1n) is 6.87. The van der Waals surface area contributed by atoms with Crippen LogP contribution in [0, 0.1) is 6.92 Å². The lowest BCUT2D eigenvalue weighted by Crippen LogP contribution is -2.25. The normalized spacial score (nSPS) is 18.4. The van der Waals surface area contributed by atoms with Crippen LogP contribution in [-0.4, -0.2) is 43.4 Å². The Morgan fingerprint density at radius 1 is 1.65 bits per heavy atom. The van der Waals surface area contributed by atoms with Crippen molar-refractivity contribution in [2.75, 3.05) is 32.1 Å². The number of hydrogen-bond acceptors (Lipinski definition) is 6. The van der Waals surface area contributed by atoms with Gasteiger partial charge in [0.05, 0.1) is 18.4 Å². The van der Waals surface area contributed by atoms with Gasteiger partial charge in [-0.1, -0.05) is 11.3 Å². The summed E-state index contributed by atoms with van der Waals surface area (Å²) in [6.07, 6.45) is 3.25. The van der Waals surface area contributed by atoms with Crippen LogP contribution in [0.15, 0.2) is 0 Å². The Morgan fingerprint density at radius 2 is 2.50 bits per heavy atom. The summed E-state index contributed by atoms with van der Waals surface area (Å²) in [5, 5.41) is 3.27. The zero-order valence-corrected chi connectivity index (χ0v) is 12.5. The molecule has 112 valence electrons. The second-order valence-electron chi connectivity index (χ2n) is 4.79. The average molecular weight is 299 g/mol. The number of carbonyl (C=O) groups is 1. The highest BCUT2D eigenvalue weighted by Gasteiger charge is 2.15. The van der Waals surface area contributed by atoms with E-state index in [-0.39, 0.29) is 12.0 Å². The summed E-state index contributed by atoms with van der Waals surface area (Å²) < 4.78 is 11.0. The molecule has 7 heteroatoms. The van der Waals surface area contributed by atoms with Crippen molar-refractivity contribution in [1.29, 1.82) is 0 Å². The molecule has 1 fully saturated rings. The van der Waals surface area contributed by atoms with Gasteiger partial charge in [-0.2, -0.15) is 0 Å². The number of aromatic nitrogens is 1. The topological polar surface area (TPSA) is 86.5 Å². The number of carbonyl (C=O) groups excluding carboxylic acids is 1. The fraction of sp³-hybridized carbons (Fsp3) is 0.692. The number of amides is 1. The molecule has 0 bridgehead atoms. The molecule has 1 aromatic rings. The van der Waals surface area contributed by atoms with Crippen LogP contribution in [0.25, 0.3) is 0 Å². The number of thiazole rings is 1. The van der Waals surface area contributed by atoms with Crippen molar-refractivity contribution in [2.45, 2.75) is 32.3 Å². The first kappa shape index (κ1) is 15.2. The quantitative estimate of drug-likeness (QED) is 0.742. The fourth-order valence-electron chi connectivity index (χ4n) is 2.07. The minimum atomic E-state index is -0.115. The van der Waals surface area contributed by atoms with E-state index in [9.17, 15) is 4.79 Å². The molecule has 0 radical (unpaired) electrons. The molecule has 6 nitrogen and oxygen atoms in total. The highest BCUT2D eigenvalue weighted by atomic mass is 32.1. The van der Waals surface area contributed by atoms with Gasteiger partial charge in [0.2, 0.25) is 0 Å². The van der Waals surface area contributed by atoms with Crippen molar-refractivity contribution in [3.8, 4) is 0 Å². The minimum absolute atomic E-state index is 0.115. The van der Waals surface area contributed by atoms with E-state index in [0.29, 0.717) is 35.5 Å². The Kier molecular flexibility index (Phi) is 5.75. The van der Waals surface area contributed by atoms with Gasteiger partial charge in [-0.15, -0.1) is 0 Å². The molecule has 20 heavy (non-hydrogen) atoms.